The molecule has 0 saturated heterocycles. The number of carbonyl (C=O) groups excluding carboxylic acids is 1. The number of nitrogen functional groups attached to an aromatic ring is 1. The first-order valence-electron chi connectivity index (χ1n) is 3.75. The number of hydrogen-bond donors (Lipinski definition) is 1. The summed E-state index contributed by atoms with van der Waals surface area (Å²) in [5, 5.41) is -1.09. The van der Waals surface area contributed by atoms with Crippen LogP contribution in [0.2, 0.25) is 0 Å². The number of carbonyl (C=O) groups is 1. The van der Waals surface area contributed by atoms with Crippen LogP contribution in [0.1, 0.15) is 10.4 Å². The van der Waals surface area contributed by atoms with Crippen molar-refractivity contribution in [3.05, 3.63) is 22.2 Å². The van der Waals surface area contributed by atoms with Gasteiger partial charge in [-0.2, -0.15) is 0 Å². The molecular formula is C8H4BrClF3NO2. The van der Waals surface area contributed by atoms with E-state index in [9.17, 15) is 18.0 Å². The Bertz CT molecular complexity index is 436. The molecule has 88 valence electrons. The summed E-state index contributed by atoms with van der Waals surface area (Å²) in [6, 6.07) is 2.17. The summed E-state index contributed by atoms with van der Waals surface area (Å²) < 4.78 is 39.7. The highest BCUT2D eigenvalue weighted by atomic mass is 79.9. The summed E-state index contributed by atoms with van der Waals surface area (Å²) >= 11 is 7.92. The van der Waals surface area contributed by atoms with Crippen molar-refractivity contribution < 1.29 is 22.7 Å². The van der Waals surface area contributed by atoms with Crippen molar-refractivity contribution in [3.8, 4) is 5.75 Å². The summed E-state index contributed by atoms with van der Waals surface area (Å²) in [5.41, 5.74) is 4.99. The maximum absolute atomic E-state index is 12.0. The number of anilines is 1. The molecule has 0 atom stereocenters. The molecular weight excluding hydrogens is 314 g/mol. The molecule has 0 fully saturated rings. The molecule has 3 nitrogen and oxygen atoms in total. The smallest absolute Gasteiger partial charge is 0.404 e. The van der Waals surface area contributed by atoms with Crippen LogP contribution >= 0.6 is 27.5 Å². The van der Waals surface area contributed by atoms with E-state index in [-0.39, 0.29) is 10.2 Å². The second-order valence-electron chi connectivity index (χ2n) is 2.70. The van der Waals surface area contributed by atoms with Crippen molar-refractivity contribution in [1.82, 2.24) is 0 Å². The van der Waals surface area contributed by atoms with Gasteiger partial charge < -0.3 is 10.5 Å². The molecule has 0 aromatic heterocycles. The SMILES string of the molecule is Nc1cc(Br)c(OC(F)(F)F)c(C(=O)Cl)c1. The molecule has 0 heterocycles. The van der Waals surface area contributed by atoms with Gasteiger partial charge in [-0.1, -0.05) is 0 Å². The lowest BCUT2D eigenvalue weighted by atomic mass is 10.2. The fourth-order valence-electron chi connectivity index (χ4n) is 0.980. The highest BCUT2D eigenvalue weighted by molar-refractivity contribution is 9.10. The number of ether oxygens (including phenoxy) is 1. The summed E-state index contributed by atoms with van der Waals surface area (Å²) in [6.07, 6.45) is -4.92. The van der Waals surface area contributed by atoms with Crippen LogP contribution in [0, 0.1) is 0 Å². The summed E-state index contributed by atoms with van der Waals surface area (Å²) in [5.74, 6) is -0.707. The highest BCUT2D eigenvalue weighted by Crippen LogP contribution is 2.36. The van der Waals surface area contributed by atoms with E-state index >= 15 is 0 Å². The molecule has 1 aromatic carbocycles. The Morgan fingerprint density at radius 2 is 2.00 bits per heavy atom. The first-order chi connectivity index (χ1) is 7.20. The lowest BCUT2D eigenvalue weighted by Gasteiger charge is -2.13. The second kappa shape index (κ2) is 4.50. The average molecular weight is 318 g/mol. The molecule has 0 aliphatic rings. The van der Waals surface area contributed by atoms with Gasteiger partial charge in [0.05, 0.1) is 10.0 Å². The number of halogens is 5. The molecule has 1 rings (SSSR count). The lowest BCUT2D eigenvalue weighted by molar-refractivity contribution is -0.275. The standard InChI is InChI=1S/C8H4BrClF3NO2/c9-5-2-3(14)1-4(7(10)15)6(5)16-8(11,12)13/h1-2H,14H2. The Balaban J connectivity index is 3.30. The lowest BCUT2D eigenvalue weighted by Crippen LogP contribution is -2.19. The summed E-state index contributed by atoms with van der Waals surface area (Å²) in [4.78, 5) is 10.9. The Morgan fingerprint density at radius 3 is 2.44 bits per heavy atom. The number of benzene rings is 1. The fraction of sp³-hybridized carbons (Fsp3) is 0.125. The van der Waals surface area contributed by atoms with E-state index in [0.29, 0.717) is 0 Å². The second-order valence-corrected chi connectivity index (χ2v) is 3.90. The van der Waals surface area contributed by atoms with Gasteiger partial charge in [0.1, 0.15) is 0 Å². The Labute approximate surface area is 101 Å². The number of nitrogens with two attached hydrogens (primary N) is 1. The van der Waals surface area contributed by atoms with Crippen molar-refractivity contribution in [3.63, 3.8) is 0 Å². The average Bonchev–Trinajstić information content (AvgIpc) is 2.07. The van der Waals surface area contributed by atoms with E-state index in [2.05, 4.69) is 20.7 Å². The maximum Gasteiger partial charge on any atom is 0.573 e. The topological polar surface area (TPSA) is 52.3 Å². The number of alkyl halides is 3. The molecule has 0 unspecified atom stereocenters. The predicted molar refractivity (Wildman–Crippen MR) is 55.4 cm³/mol. The molecule has 2 N–H and O–H groups in total. The van der Waals surface area contributed by atoms with E-state index in [1.54, 1.807) is 0 Å². The van der Waals surface area contributed by atoms with Crippen LogP contribution < -0.4 is 10.5 Å². The van der Waals surface area contributed by atoms with Gasteiger partial charge in [0.25, 0.3) is 5.24 Å². The normalized spacial score (nSPS) is 11.3. The van der Waals surface area contributed by atoms with Crippen LogP contribution in [-0.2, 0) is 0 Å². The number of rotatable bonds is 2. The molecule has 0 saturated carbocycles. The van der Waals surface area contributed by atoms with Crippen molar-refractivity contribution in [1.29, 1.82) is 0 Å². The van der Waals surface area contributed by atoms with Crippen molar-refractivity contribution >= 4 is 38.5 Å². The van der Waals surface area contributed by atoms with Gasteiger partial charge in [0.2, 0.25) is 0 Å². The minimum absolute atomic E-state index is 0.0883. The number of hydrogen-bond acceptors (Lipinski definition) is 3. The molecule has 0 aliphatic heterocycles. The van der Waals surface area contributed by atoms with Gasteiger partial charge >= 0.3 is 6.36 Å². The van der Waals surface area contributed by atoms with Gasteiger partial charge in [-0.25, -0.2) is 0 Å². The van der Waals surface area contributed by atoms with Gasteiger partial charge in [-0.3, -0.25) is 4.79 Å². The first-order valence-corrected chi connectivity index (χ1v) is 4.92. The molecule has 8 heteroatoms. The molecule has 0 aliphatic carbocycles. The van der Waals surface area contributed by atoms with Crippen molar-refractivity contribution in [2.45, 2.75) is 6.36 Å². The molecule has 0 bridgehead atoms. The molecule has 0 radical (unpaired) electrons. The fourth-order valence-corrected chi connectivity index (χ4v) is 1.68. The minimum Gasteiger partial charge on any atom is -0.404 e. The van der Waals surface area contributed by atoms with Crippen LogP contribution in [0.3, 0.4) is 0 Å². The van der Waals surface area contributed by atoms with Gasteiger partial charge in [-0.05, 0) is 39.7 Å². The largest absolute Gasteiger partial charge is 0.573 e. The van der Waals surface area contributed by atoms with E-state index < -0.39 is 22.9 Å². The predicted octanol–water partition coefficient (Wildman–Crippen LogP) is 3.31. The highest BCUT2D eigenvalue weighted by Gasteiger charge is 2.34. The third kappa shape index (κ3) is 3.28. The van der Waals surface area contributed by atoms with Crippen LogP contribution in [0.25, 0.3) is 0 Å². The molecule has 0 spiro atoms. The molecule has 0 amide bonds. The summed E-state index contributed by atoms with van der Waals surface area (Å²) in [7, 11) is 0. The minimum atomic E-state index is -4.92. The zero-order chi connectivity index (χ0) is 12.5. The van der Waals surface area contributed by atoms with E-state index in [1.807, 2.05) is 0 Å². The third-order valence-corrected chi connectivity index (χ3v) is 2.29. The monoisotopic (exact) mass is 317 g/mol. The van der Waals surface area contributed by atoms with Crippen LogP contribution in [0.5, 0.6) is 5.75 Å². The quantitative estimate of drug-likeness (QED) is 0.672. The Kier molecular flexibility index (Phi) is 3.69. The third-order valence-electron chi connectivity index (χ3n) is 1.50. The van der Waals surface area contributed by atoms with E-state index in [4.69, 9.17) is 17.3 Å². The van der Waals surface area contributed by atoms with Crippen molar-refractivity contribution in [2.24, 2.45) is 0 Å². The van der Waals surface area contributed by atoms with Gasteiger partial charge in [-0.15, -0.1) is 13.2 Å². The van der Waals surface area contributed by atoms with Crippen molar-refractivity contribution in [2.75, 3.05) is 5.73 Å². The van der Waals surface area contributed by atoms with Crippen LogP contribution in [0.15, 0.2) is 16.6 Å². The summed E-state index contributed by atoms with van der Waals surface area (Å²) in [6.45, 7) is 0. The zero-order valence-corrected chi connectivity index (χ0v) is 9.78. The maximum atomic E-state index is 12.0. The van der Waals surface area contributed by atoms with Gasteiger partial charge in [0, 0.05) is 5.69 Å². The molecule has 1 aromatic rings. The van der Waals surface area contributed by atoms with E-state index in [0.717, 1.165) is 6.07 Å². The van der Waals surface area contributed by atoms with Gasteiger partial charge in [0.15, 0.2) is 5.75 Å². The zero-order valence-electron chi connectivity index (χ0n) is 7.44. The van der Waals surface area contributed by atoms with E-state index in [1.165, 1.54) is 6.07 Å². The molecule has 16 heavy (non-hydrogen) atoms. The first kappa shape index (κ1) is 13.1. The Hall–Kier alpha value is -0.950. The van der Waals surface area contributed by atoms with Crippen LogP contribution in [-0.4, -0.2) is 11.6 Å². The van der Waals surface area contributed by atoms with Crippen LogP contribution in [0.4, 0.5) is 18.9 Å². The Morgan fingerprint density at radius 1 is 1.44 bits per heavy atom.